The molecule has 26 heavy (non-hydrogen) atoms. The second-order valence-corrected chi connectivity index (χ2v) is 6.08. The van der Waals surface area contributed by atoms with E-state index in [0.717, 1.165) is 32.1 Å². The van der Waals surface area contributed by atoms with E-state index in [1.807, 2.05) is 6.92 Å². The highest BCUT2D eigenvalue weighted by molar-refractivity contribution is 5.77. The first-order valence-electron chi connectivity index (χ1n) is 9.87. The van der Waals surface area contributed by atoms with E-state index in [0.29, 0.717) is 13.0 Å². The Kier molecular flexibility index (Phi) is 16.5. The van der Waals surface area contributed by atoms with Crippen LogP contribution in [0.15, 0.2) is 0 Å². The Bertz CT molecular complexity index is 502. The molecule has 0 heterocycles. The highest BCUT2D eigenvalue weighted by atomic mass is 16.5. The molecule has 0 fully saturated rings. The Morgan fingerprint density at radius 2 is 1.54 bits per heavy atom. The lowest BCUT2D eigenvalue weighted by atomic mass is 10.1. The van der Waals surface area contributed by atoms with Crippen LogP contribution in [0.2, 0.25) is 0 Å². The first-order chi connectivity index (χ1) is 12.6. The Hall–Kier alpha value is -1.94. The van der Waals surface area contributed by atoms with Crippen LogP contribution in [0.1, 0.15) is 91.4 Å². The van der Waals surface area contributed by atoms with Gasteiger partial charge in [0.25, 0.3) is 0 Å². The molecule has 4 nitrogen and oxygen atoms in total. The fourth-order valence-corrected chi connectivity index (χ4v) is 2.29. The lowest BCUT2D eigenvalue weighted by Gasteiger charge is -2.10. The first-order valence-corrected chi connectivity index (χ1v) is 9.87. The van der Waals surface area contributed by atoms with E-state index in [1.165, 1.54) is 19.3 Å². The van der Waals surface area contributed by atoms with Crippen LogP contribution in [0.5, 0.6) is 0 Å². The van der Waals surface area contributed by atoms with Gasteiger partial charge in [0.1, 0.15) is 0 Å². The number of hydrogen-bond acceptors (Lipinski definition) is 4. The quantitative estimate of drug-likeness (QED) is 0.268. The zero-order valence-electron chi connectivity index (χ0n) is 16.7. The summed E-state index contributed by atoms with van der Waals surface area (Å²) in [4.78, 5) is 23.3. The van der Waals surface area contributed by atoms with E-state index in [2.05, 4.69) is 30.6 Å². The molecular formula is C22H34O4. The molecule has 0 aromatic carbocycles. The van der Waals surface area contributed by atoms with Gasteiger partial charge in [0.05, 0.1) is 19.4 Å². The van der Waals surface area contributed by atoms with Gasteiger partial charge in [0, 0.05) is 12.8 Å². The molecule has 4 heteroatoms. The van der Waals surface area contributed by atoms with Crippen LogP contribution in [-0.4, -0.2) is 24.6 Å². The number of ether oxygens (including phenoxy) is 2. The number of carbonyl (C=O) groups excluding carboxylic acids is 2. The van der Waals surface area contributed by atoms with E-state index < -0.39 is 5.97 Å². The van der Waals surface area contributed by atoms with Gasteiger partial charge in [-0.2, -0.15) is 0 Å². The lowest BCUT2D eigenvalue weighted by molar-refractivity contribution is -0.152. The summed E-state index contributed by atoms with van der Waals surface area (Å²) in [6.45, 7) is 6.10. The number of unbranched alkanes of at least 4 members (excludes halogenated alkanes) is 6. The number of hydrogen-bond donors (Lipinski definition) is 0. The Labute approximate surface area is 159 Å². The van der Waals surface area contributed by atoms with Gasteiger partial charge in [-0.25, -0.2) is 0 Å². The van der Waals surface area contributed by atoms with Crippen molar-refractivity contribution in [1.29, 1.82) is 0 Å². The second kappa shape index (κ2) is 17.9. The standard InChI is InChI=1S/C22H34O4/c1-4-7-8-9-10-11-12-13-14-15-19-25-21(23)17-18-22(24)26-20(6-3)16-5-2/h20H,4,6,9-15,17-19H2,1-3H3. The van der Waals surface area contributed by atoms with Crippen molar-refractivity contribution in [2.45, 2.75) is 97.5 Å². The minimum atomic E-state index is -0.403. The fraction of sp³-hybridized carbons (Fsp3) is 0.727. The van der Waals surface area contributed by atoms with Crippen LogP contribution < -0.4 is 0 Å². The summed E-state index contributed by atoms with van der Waals surface area (Å²) in [5.41, 5.74) is 0. The van der Waals surface area contributed by atoms with E-state index in [-0.39, 0.29) is 24.9 Å². The number of esters is 2. The van der Waals surface area contributed by atoms with Gasteiger partial charge in [-0.3, -0.25) is 9.59 Å². The van der Waals surface area contributed by atoms with E-state index in [1.54, 1.807) is 6.92 Å². The maximum atomic E-state index is 11.6. The van der Waals surface area contributed by atoms with Gasteiger partial charge in [-0.15, -0.1) is 17.8 Å². The topological polar surface area (TPSA) is 52.6 Å². The van der Waals surface area contributed by atoms with E-state index in [4.69, 9.17) is 9.47 Å². The number of carbonyl (C=O) groups is 2. The third-order valence-electron chi connectivity index (χ3n) is 3.74. The summed E-state index contributed by atoms with van der Waals surface area (Å²) < 4.78 is 10.3. The predicted molar refractivity (Wildman–Crippen MR) is 104 cm³/mol. The monoisotopic (exact) mass is 362 g/mol. The molecule has 0 aromatic rings. The van der Waals surface area contributed by atoms with E-state index >= 15 is 0 Å². The summed E-state index contributed by atoms with van der Waals surface area (Å²) in [6.07, 6.45) is 8.96. The molecule has 0 bridgehead atoms. The Balaban J connectivity index is 3.54. The van der Waals surface area contributed by atoms with E-state index in [9.17, 15) is 9.59 Å². The summed E-state index contributed by atoms with van der Waals surface area (Å²) in [5.74, 6) is 11.0. The molecule has 0 aromatic heterocycles. The largest absolute Gasteiger partial charge is 0.466 e. The normalized spacial score (nSPS) is 10.7. The molecule has 0 radical (unpaired) electrons. The lowest BCUT2D eigenvalue weighted by Crippen LogP contribution is -2.17. The average molecular weight is 363 g/mol. The van der Waals surface area contributed by atoms with Crippen molar-refractivity contribution in [2.75, 3.05) is 6.61 Å². The third kappa shape index (κ3) is 15.6. The smallest absolute Gasteiger partial charge is 0.307 e. The molecule has 0 aliphatic rings. The summed E-state index contributed by atoms with van der Waals surface area (Å²) >= 11 is 0. The summed E-state index contributed by atoms with van der Waals surface area (Å²) in [5, 5.41) is 0. The minimum Gasteiger partial charge on any atom is -0.466 e. The highest BCUT2D eigenvalue weighted by Crippen LogP contribution is 2.08. The predicted octanol–water partition coefficient (Wildman–Crippen LogP) is 4.80. The molecule has 0 spiro atoms. The molecule has 1 atom stereocenters. The van der Waals surface area contributed by atoms with Crippen LogP contribution in [0.25, 0.3) is 0 Å². The van der Waals surface area contributed by atoms with Crippen molar-refractivity contribution in [3.05, 3.63) is 0 Å². The maximum Gasteiger partial charge on any atom is 0.307 e. The van der Waals surface area contributed by atoms with Gasteiger partial charge in [0.2, 0.25) is 0 Å². The van der Waals surface area contributed by atoms with Gasteiger partial charge in [-0.05, 0) is 26.2 Å². The second-order valence-electron chi connectivity index (χ2n) is 6.08. The van der Waals surface area contributed by atoms with Crippen LogP contribution in [-0.2, 0) is 19.1 Å². The summed E-state index contributed by atoms with van der Waals surface area (Å²) in [7, 11) is 0. The molecule has 0 saturated heterocycles. The molecule has 0 rings (SSSR count). The van der Waals surface area contributed by atoms with Crippen LogP contribution in [0.3, 0.4) is 0 Å². The first kappa shape index (κ1) is 24.1. The molecule has 0 N–H and O–H groups in total. The van der Waals surface area contributed by atoms with Crippen molar-refractivity contribution >= 4 is 11.9 Å². The van der Waals surface area contributed by atoms with Gasteiger partial charge < -0.3 is 9.47 Å². The van der Waals surface area contributed by atoms with Crippen LogP contribution in [0, 0.1) is 23.7 Å². The van der Waals surface area contributed by atoms with Gasteiger partial charge in [-0.1, -0.05) is 45.5 Å². The third-order valence-corrected chi connectivity index (χ3v) is 3.74. The van der Waals surface area contributed by atoms with Gasteiger partial charge in [0.15, 0.2) is 6.10 Å². The average Bonchev–Trinajstić information content (AvgIpc) is 2.64. The molecule has 0 aliphatic heterocycles. The van der Waals surface area contributed by atoms with Crippen molar-refractivity contribution < 1.29 is 19.1 Å². The Morgan fingerprint density at radius 3 is 2.19 bits per heavy atom. The Morgan fingerprint density at radius 1 is 0.885 bits per heavy atom. The zero-order valence-corrected chi connectivity index (χ0v) is 16.7. The van der Waals surface area contributed by atoms with Crippen molar-refractivity contribution in [3.8, 4) is 23.7 Å². The van der Waals surface area contributed by atoms with Gasteiger partial charge >= 0.3 is 11.9 Å². The van der Waals surface area contributed by atoms with Crippen LogP contribution in [0.4, 0.5) is 0 Å². The molecule has 0 saturated carbocycles. The summed E-state index contributed by atoms with van der Waals surface area (Å²) in [6, 6.07) is 0. The number of rotatable bonds is 13. The zero-order chi connectivity index (χ0) is 19.5. The van der Waals surface area contributed by atoms with Crippen molar-refractivity contribution in [3.63, 3.8) is 0 Å². The molecular weight excluding hydrogens is 328 g/mol. The SMILES string of the molecule is CC#CC(CC)OC(=O)CCC(=O)OCCCCCCCCC#CCC. The van der Waals surface area contributed by atoms with Crippen molar-refractivity contribution in [2.24, 2.45) is 0 Å². The molecule has 146 valence electrons. The maximum absolute atomic E-state index is 11.6. The molecule has 0 aliphatic carbocycles. The minimum absolute atomic E-state index is 0.0433. The van der Waals surface area contributed by atoms with Crippen LogP contribution >= 0.6 is 0 Å². The molecule has 0 amide bonds. The molecule has 1 unspecified atom stereocenters. The fourth-order valence-electron chi connectivity index (χ4n) is 2.29. The highest BCUT2D eigenvalue weighted by Gasteiger charge is 2.12. The van der Waals surface area contributed by atoms with Crippen molar-refractivity contribution in [1.82, 2.24) is 0 Å².